The Morgan fingerprint density at radius 2 is 1.85 bits per heavy atom. The number of benzene rings is 1. The Balaban J connectivity index is 1.55. The molecule has 10 heteroatoms. The zero-order chi connectivity index (χ0) is 24.0. The van der Waals surface area contributed by atoms with Gasteiger partial charge < -0.3 is 24.7 Å². The lowest BCUT2D eigenvalue weighted by molar-refractivity contribution is 0.102. The van der Waals surface area contributed by atoms with Crippen LogP contribution in [0, 0.1) is 12.7 Å². The van der Waals surface area contributed by atoms with Crippen molar-refractivity contribution < 1.29 is 13.9 Å². The van der Waals surface area contributed by atoms with Gasteiger partial charge in [0.05, 0.1) is 24.1 Å². The van der Waals surface area contributed by atoms with Crippen molar-refractivity contribution in [3.63, 3.8) is 0 Å². The van der Waals surface area contributed by atoms with E-state index in [1.54, 1.807) is 23.8 Å². The number of fused-ring (bicyclic) bond motifs is 2. The second-order valence-corrected chi connectivity index (χ2v) is 8.75. The summed E-state index contributed by atoms with van der Waals surface area (Å²) in [5.74, 6) is -0.479. The zero-order valence-electron chi connectivity index (χ0n) is 19.5. The molecule has 2 N–H and O–H groups in total. The number of halogens is 1. The third-order valence-corrected chi connectivity index (χ3v) is 5.91. The monoisotopic (exact) mass is 463 g/mol. The van der Waals surface area contributed by atoms with Crippen molar-refractivity contribution in [3.8, 4) is 5.75 Å². The minimum atomic E-state index is -0.502. The highest BCUT2D eigenvalue weighted by Gasteiger charge is 2.28. The summed E-state index contributed by atoms with van der Waals surface area (Å²) >= 11 is 0. The van der Waals surface area contributed by atoms with Gasteiger partial charge in [0.25, 0.3) is 5.91 Å². The molecule has 0 radical (unpaired) electrons. The molecule has 1 saturated heterocycles. The van der Waals surface area contributed by atoms with Crippen LogP contribution in [0.1, 0.15) is 29.9 Å². The zero-order valence-corrected chi connectivity index (χ0v) is 19.5. The SMILES string of the molecule is COc1cc(NC(=O)c2cc(F)c(N3C[C@H](C)N[C@@H](C)C3)c3nccnc23)cn2cc(C)nc12. The van der Waals surface area contributed by atoms with E-state index in [2.05, 4.69) is 39.4 Å². The molecule has 5 rings (SSSR count). The fourth-order valence-corrected chi connectivity index (χ4v) is 4.67. The number of ether oxygens (including phenoxy) is 1. The van der Waals surface area contributed by atoms with E-state index in [0.717, 1.165) is 5.69 Å². The molecule has 2 atom stereocenters. The number of hydrogen-bond acceptors (Lipinski definition) is 7. The normalized spacial score (nSPS) is 18.4. The number of carbonyl (C=O) groups is 1. The molecule has 1 amide bonds. The van der Waals surface area contributed by atoms with Crippen LogP contribution in [0.4, 0.5) is 15.8 Å². The van der Waals surface area contributed by atoms with Crippen LogP contribution in [0.15, 0.2) is 36.9 Å². The lowest BCUT2D eigenvalue weighted by Gasteiger charge is -2.38. The summed E-state index contributed by atoms with van der Waals surface area (Å²) in [4.78, 5) is 28.5. The highest BCUT2D eigenvalue weighted by atomic mass is 19.1. The van der Waals surface area contributed by atoms with Crippen LogP contribution in [0.25, 0.3) is 16.7 Å². The number of pyridine rings is 1. The number of nitrogens with zero attached hydrogens (tertiary/aromatic N) is 5. The number of anilines is 2. The van der Waals surface area contributed by atoms with Gasteiger partial charge in [0.15, 0.2) is 11.4 Å². The van der Waals surface area contributed by atoms with Crippen LogP contribution in [0.3, 0.4) is 0 Å². The minimum Gasteiger partial charge on any atom is -0.493 e. The molecule has 1 aliphatic rings. The van der Waals surface area contributed by atoms with Gasteiger partial charge in [0.2, 0.25) is 0 Å². The number of aryl methyl sites for hydroxylation is 1. The van der Waals surface area contributed by atoms with Crippen LogP contribution >= 0.6 is 0 Å². The van der Waals surface area contributed by atoms with Crippen LogP contribution in [-0.2, 0) is 0 Å². The third kappa shape index (κ3) is 3.90. The topological polar surface area (TPSA) is 96.7 Å². The van der Waals surface area contributed by atoms with Gasteiger partial charge in [-0.15, -0.1) is 0 Å². The van der Waals surface area contributed by atoms with Crippen molar-refractivity contribution in [1.82, 2.24) is 24.7 Å². The lowest BCUT2D eigenvalue weighted by atomic mass is 10.1. The average Bonchev–Trinajstić information content (AvgIpc) is 3.17. The molecule has 4 aromatic rings. The van der Waals surface area contributed by atoms with Crippen molar-refractivity contribution in [2.24, 2.45) is 0 Å². The van der Waals surface area contributed by atoms with Crippen LogP contribution in [0.5, 0.6) is 5.75 Å². The van der Waals surface area contributed by atoms with Gasteiger partial charge in [-0.2, -0.15) is 0 Å². The van der Waals surface area contributed by atoms with Crippen molar-refractivity contribution in [1.29, 1.82) is 0 Å². The van der Waals surface area contributed by atoms with E-state index in [0.29, 0.717) is 46.9 Å². The molecule has 34 heavy (non-hydrogen) atoms. The Hall–Kier alpha value is -3.79. The highest BCUT2D eigenvalue weighted by molar-refractivity contribution is 6.13. The third-order valence-electron chi connectivity index (χ3n) is 5.91. The number of hydrogen-bond donors (Lipinski definition) is 2. The van der Waals surface area contributed by atoms with Crippen molar-refractivity contribution >= 4 is 34.0 Å². The van der Waals surface area contributed by atoms with E-state index in [4.69, 9.17) is 4.74 Å². The molecular formula is C24H26FN7O2. The number of rotatable bonds is 4. The Labute approximate surface area is 196 Å². The second-order valence-electron chi connectivity index (χ2n) is 8.75. The maximum Gasteiger partial charge on any atom is 0.258 e. The van der Waals surface area contributed by atoms with E-state index < -0.39 is 11.7 Å². The maximum atomic E-state index is 15.5. The summed E-state index contributed by atoms with van der Waals surface area (Å²) in [6, 6.07) is 3.31. The molecule has 0 unspecified atom stereocenters. The molecule has 0 spiro atoms. The van der Waals surface area contributed by atoms with E-state index >= 15 is 4.39 Å². The molecule has 3 aromatic heterocycles. The first-order valence-electron chi connectivity index (χ1n) is 11.1. The first-order valence-corrected chi connectivity index (χ1v) is 11.1. The summed E-state index contributed by atoms with van der Waals surface area (Å²) in [6.07, 6.45) is 6.59. The van der Waals surface area contributed by atoms with E-state index in [1.165, 1.54) is 18.5 Å². The number of aromatic nitrogens is 4. The van der Waals surface area contributed by atoms with Gasteiger partial charge in [-0.05, 0) is 26.8 Å². The molecule has 1 fully saturated rings. The Morgan fingerprint density at radius 1 is 1.15 bits per heavy atom. The molecule has 1 aliphatic heterocycles. The number of amides is 1. The summed E-state index contributed by atoms with van der Waals surface area (Å²) in [6.45, 7) is 7.25. The minimum absolute atomic E-state index is 0.112. The standard InChI is InChI=1S/C24H26FN7O2/c1-13-9-31(10-14(2)28-13)22-18(25)8-17(20-21(22)27-6-5-26-20)24(33)30-16-7-19(34-4)23-29-15(3)11-32(23)12-16/h5-8,11-14,28H,9-10H2,1-4H3,(H,30,33)/t13-,14-/m0/s1. The van der Waals surface area contributed by atoms with Gasteiger partial charge >= 0.3 is 0 Å². The van der Waals surface area contributed by atoms with Gasteiger partial charge in [-0.3, -0.25) is 14.8 Å². The summed E-state index contributed by atoms with van der Waals surface area (Å²) in [5.41, 5.74) is 3.15. The fourth-order valence-electron chi connectivity index (χ4n) is 4.67. The van der Waals surface area contributed by atoms with E-state index in [-0.39, 0.29) is 17.6 Å². The molecule has 0 bridgehead atoms. The molecular weight excluding hydrogens is 437 g/mol. The van der Waals surface area contributed by atoms with E-state index in [1.807, 2.05) is 18.0 Å². The van der Waals surface area contributed by atoms with Gasteiger partial charge in [0.1, 0.15) is 22.5 Å². The van der Waals surface area contributed by atoms with Crippen molar-refractivity contribution in [2.75, 3.05) is 30.4 Å². The summed E-state index contributed by atoms with van der Waals surface area (Å²) in [5, 5.41) is 6.29. The number of methoxy groups -OCH3 is 1. The number of nitrogens with one attached hydrogen (secondary N) is 2. The average molecular weight is 464 g/mol. The lowest BCUT2D eigenvalue weighted by Crippen LogP contribution is -2.54. The first-order chi connectivity index (χ1) is 16.3. The highest BCUT2D eigenvalue weighted by Crippen LogP contribution is 2.32. The molecule has 9 nitrogen and oxygen atoms in total. The Bertz CT molecular complexity index is 1390. The number of imidazole rings is 1. The van der Waals surface area contributed by atoms with Crippen molar-refractivity contribution in [2.45, 2.75) is 32.9 Å². The van der Waals surface area contributed by atoms with E-state index in [9.17, 15) is 4.79 Å². The summed E-state index contributed by atoms with van der Waals surface area (Å²) < 4.78 is 22.7. The largest absolute Gasteiger partial charge is 0.493 e. The molecule has 176 valence electrons. The fraction of sp³-hybridized carbons (Fsp3) is 0.333. The predicted molar refractivity (Wildman–Crippen MR) is 128 cm³/mol. The molecule has 0 aliphatic carbocycles. The quantitative estimate of drug-likeness (QED) is 0.480. The Morgan fingerprint density at radius 3 is 2.56 bits per heavy atom. The predicted octanol–water partition coefficient (Wildman–Crippen LogP) is 3.17. The molecule has 0 saturated carbocycles. The smallest absolute Gasteiger partial charge is 0.258 e. The molecule has 4 heterocycles. The van der Waals surface area contributed by atoms with Gasteiger partial charge in [-0.25, -0.2) is 9.37 Å². The van der Waals surface area contributed by atoms with Crippen LogP contribution in [0.2, 0.25) is 0 Å². The summed E-state index contributed by atoms with van der Waals surface area (Å²) in [7, 11) is 1.54. The van der Waals surface area contributed by atoms with Gasteiger partial charge in [-0.1, -0.05) is 0 Å². The van der Waals surface area contributed by atoms with Crippen LogP contribution < -0.4 is 20.3 Å². The number of carbonyl (C=O) groups excluding carboxylic acids is 1. The maximum absolute atomic E-state index is 15.5. The van der Waals surface area contributed by atoms with Gasteiger partial charge in [0, 0.05) is 56.0 Å². The van der Waals surface area contributed by atoms with Crippen molar-refractivity contribution in [3.05, 3.63) is 54.0 Å². The first kappa shape index (κ1) is 22.0. The van der Waals surface area contributed by atoms with Crippen LogP contribution in [-0.4, -0.2) is 57.5 Å². The molecule has 1 aromatic carbocycles. The Kier molecular flexibility index (Phi) is 5.52. The second kappa shape index (κ2) is 8.53. The number of piperazine rings is 1.